The molecule has 0 fully saturated rings. The van der Waals surface area contributed by atoms with Crippen molar-refractivity contribution in [1.29, 1.82) is 5.41 Å². The number of ether oxygens (including phenoxy) is 1. The van der Waals surface area contributed by atoms with E-state index in [0.717, 1.165) is 11.1 Å². The summed E-state index contributed by atoms with van der Waals surface area (Å²) in [6.45, 7) is 2.52. The molecule has 2 N–H and O–H groups in total. The Morgan fingerprint density at radius 1 is 1.36 bits per heavy atom. The molecule has 0 heterocycles. The van der Waals surface area contributed by atoms with Crippen molar-refractivity contribution in [2.45, 2.75) is 13.3 Å². The first-order valence-electron chi connectivity index (χ1n) is 4.69. The fraction of sp³-hybridized carbons (Fsp3) is 0.364. The van der Waals surface area contributed by atoms with E-state index in [9.17, 15) is 0 Å². The largest absolute Gasteiger partial charge is 0.478 e. The van der Waals surface area contributed by atoms with Crippen LogP contribution in [0.25, 0.3) is 0 Å². The molecule has 0 aliphatic rings. The van der Waals surface area contributed by atoms with Gasteiger partial charge in [-0.05, 0) is 31.0 Å². The number of rotatable bonds is 4. The fourth-order valence-electron chi connectivity index (χ4n) is 1.18. The molecule has 0 bridgehead atoms. The fourth-order valence-corrected chi connectivity index (χ4v) is 1.18. The van der Waals surface area contributed by atoms with E-state index < -0.39 is 0 Å². The molecule has 0 unspecified atom stereocenters. The number of hydrogen-bond donors (Lipinski definition) is 2. The van der Waals surface area contributed by atoms with Crippen molar-refractivity contribution >= 4 is 5.90 Å². The van der Waals surface area contributed by atoms with Crippen molar-refractivity contribution < 1.29 is 9.84 Å². The Balaban J connectivity index is 2.67. The Morgan fingerprint density at radius 3 is 2.50 bits per heavy atom. The molecule has 14 heavy (non-hydrogen) atoms. The lowest BCUT2D eigenvalue weighted by Crippen LogP contribution is -2.04. The van der Waals surface area contributed by atoms with Gasteiger partial charge < -0.3 is 9.84 Å². The molecule has 0 aromatic heterocycles. The molecule has 1 rings (SSSR count). The lowest BCUT2D eigenvalue weighted by Gasteiger charge is -2.05. The number of hydrogen-bond acceptors (Lipinski definition) is 3. The van der Waals surface area contributed by atoms with Gasteiger partial charge in [-0.25, -0.2) is 0 Å². The van der Waals surface area contributed by atoms with Crippen LogP contribution in [0, 0.1) is 5.41 Å². The van der Waals surface area contributed by atoms with Gasteiger partial charge in [-0.2, -0.15) is 0 Å². The van der Waals surface area contributed by atoms with E-state index in [1.807, 2.05) is 31.2 Å². The van der Waals surface area contributed by atoms with Gasteiger partial charge in [-0.3, -0.25) is 5.41 Å². The second kappa shape index (κ2) is 5.40. The van der Waals surface area contributed by atoms with Crippen LogP contribution in [0.15, 0.2) is 24.3 Å². The molecule has 0 aliphatic carbocycles. The standard InChI is InChI=1S/C11H15NO2/c1-2-14-11(12)10-5-3-9(4-6-10)7-8-13/h3-6,12-13H,2,7-8H2,1H3. The average molecular weight is 193 g/mol. The first-order chi connectivity index (χ1) is 6.77. The summed E-state index contributed by atoms with van der Waals surface area (Å²) in [6, 6.07) is 7.48. The Labute approximate surface area is 83.8 Å². The van der Waals surface area contributed by atoms with Crippen LogP contribution >= 0.6 is 0 Å². The van der Waals surface area contributed by atoms with Gasteiger partial charge in [0.1, 0.15) is 0 Å². The van der Waals surface area contributed by atoms with E-state index in [0.29, 0.717) is 13.0 Å². The molecule has 1 aromatic rings. The van der Waals surface area contributed by atoms with Gasteiger partial charge in [0.25, 0.3) is 0 Å². The maximum Gasteiger partial charge on any atom is 0.213 e. The van der Waals surface area contributed by atoms with E-state index in [1.165, 1.54) is 0 Å². The second-order valence-electron chi connectivity index (χ2n) is 2.93. The van der Waals surface area contributed by atoms with Gasteiger partial charge in [0.2, 0.25) is 5.90 Å². The smallest absolute Gasteiger partial charge is 0.213 e. The maximum absolute atomic E-state index is 8.72. The van der Waals surface area contributed by atoms with Crippen LogP contribution in [0.2, 0.25) is 0 Å². The zero-order valence-corrected chi connectivity index (χ0v) is 8.29. The van der Waals surface area contributed by atoms with Crippen molar-refractivity contribution in [2.75, 3.05) is 13.2 Å². The molecule has 76 valence electrons. The van der Waals surface area contributed by atoms with Gasteiger partial charge in [0.05, 0.1) is 6.61 Å². The van der Waals surface area contributed by atoms with Crippen LogP contribution < -0.4 is 0 Å². The normalized spacial score (nSPS) is 9.86. The molecule has 0 atom stereocenters. The van der Waals surface area contributed by atoms with Crippen LogP contribution in [-0.2, 0) is 11.2 Å². The van der Waals surface area contributed by atoms with Crippen LogP contribution in [0.1, 0.15) is 18.1 Å². The number of benzene rings is 1. The topological polar surface area (TPSA) is 53.3 Å². The van der Waals surface area contributed by atoms with Gasteiger partial charge in [-0.15, -0.1) is 0 Å². The van der Waals surface area contributed by atoms with E-state index >= 15 is 0 Å². The molecule has 0 saturated heterocycles. The van der Waals surface area contributed by atoms with Crippen molar-refractivity contribution in [2.24, 2.45) is 0 Å². The first kappa shape index (κ1) is 10.7. The number of nitrogens with one attached hydrogen (secondary N) is 1. The Kier molecular flexibility index (Phi) is 4.13. The third-order valence-corrected chi connectivity index (χ3v) is 1.91. The van der Waals surface area contributed by atoms with Crippen LogP contribution in [0.5, 0.6) is 0 Å². The minimum atomic E-state index is 0.155. The van der Waals surface area contributed by atoms with Gasteiger partial charge in [0, 0.05) is 12.2 Å². The van der Waals surface area contributed by atoms with Crippen molar-refractivity contribution in [3.05, 3.63) is 35.4 Å². The van der Waals surface area contributed by atoms with E-state index in [1.54, 1.807) is 0 Å². The Morgan fingerprint density at radius 2 is 2.00 bits per heavy atom. The summed E-state index contributed by atoms with van der Waals surface area (Å²) < 4.78 is 5.06. The first-order valence-corrected chi connectivity index (χ1v) is 4.69. The molecule has 3 nitrogen and oxygen atoms in total. The number of aliphatic hydroxyl groups excluding tert-OH is 1. The Hall–Kier alpha value is -1.35. The third-order valence-electron chi connectivity index (χ3n) is 1.91. The summed E-state index contributed by atoms with van der Waals surface area (Å²) in [5, 5.41) is 16.2. The second-order valence-corrected chi connectivity index (χ2v) is 2.93. The van der Waals surface area contributed by atoms with Crippen LogP contribution in [-0.4, -0.2) is 24.2 Å². The summed E-state index contributed by atoms with van der Waals surface area (Å²) >= 11 is 0. The quantitative estimate of drug-likeness (QED) is 0.563. The monoisotopic (exact) mass is 193 g/mol. The summed E-state index contributed by atoms with van der Waals surface area (Å²) in [4.78, 5) is 0. The highest BCUT2D eigenvalue weighted by Gasteiger charge is 2.00. The minimum absolute atomic E-state index is 0.155. The zero-order valence-electron chi connectivity index (χ0n) is 8.29. The third kappa shape index (κ3) is 2.85. The van der Waals surface area contributed by atoms with Crippen LogP contribution in [0.3, 0.4) is 0 Å². The molecule has 0 spiro atoms. The lowest BCUT2D eigenvalue weighted by atomic mass is 10.1. The van der Waals surface area contributed by atoms with Crippen molar-refractivity contribution in [3.63, 3.8) is 0 Å². The molecular weight excluding hydrogens is 178 g/mol. The van der Waals surface area contributed by atoms with Crippen molar-refractivity contribution in [1.82, 2.24) is 0 Å². The molecule has 0 saturated carbocycles. The predicted octanol–water partition coefficient (Wildman–Crippen LogP) is 1.58. The van der Waals surface area contributed by atoms with E-state index in [2.05, 4.69) is 0 Å². The summed E-state index contributed by atoms with van der Waals surface area (Å²) in [5.41, 5.74) is 1.84. The molecule has 0 aliphatic heterocycles. The van der Waals surface area contributed by atoms with Crippen LogP contribution in [0.4, 0.5) is 0 Å². The minimum Gasteiger partial charge on any atom is -0.478 e. The van der Waals surface area contributed by atoms with Gasteiger partial charge in [0.15, 0.2) is 0 Å². The number of aliphatic hydroxyl groups is 1. The van der Waals surface area contributed by atoms with Crippen molar-refractivity contribution in [3.8, 4) is 0 Å². The molecule has 3 heteroatoms. The zero-order chi connectivity index (χ0) is 10.4. The molecule has 1 aromatic carbocycles. The molecular formula is C11H15NO2. The lowest BCUT2D eigenvalue weighted by molar-refractivity contribution is 0.299. The van der Waals surface area contributed by atoms with Gasteiger partial charge >= 0.3 is 0 Å². The summed E-state index contributed by atoms with van der Waals surface area (Å²) in [6.07, 6.45) is 0.655. The highest BCUT2D eigenvalue weighted by molar-refractivity contribution is 5.91. The summed E-state index contributed by atoms with van der Waals surface area (Å²) in [7, 11) is 0. The highest BCUT2D eigenvalue weighted by Crippen LogP contribution is 2.06. The SMILES string of the molecule is CCOC(=N)c1ccc(CCO)cc1. The predicted molar refractivity (Wildman–Crippen MR) is 55.7 cm³/mol. The van der Waals surface area contributed by atoms with E-state index in [4.69, 9.17) is 15.3 Å². The maximum atomic E-state index is 8.72. The average Bonchev–Trinajstić information content (AvgIpc) is 2.20. The highest BCUT2D eigenvalue weighted by atomic mass is 16.5. The Bertz CT molecular complexity index is 293. The molecule has 0 radical (unpaired) electrons. The molecule has 0 amide bonds. The van der Waals surface area contributed by atoms with Gasteiger partial charge in [-0.1, -0.05) is 12.1 Å². The summed E-state index contributed by atoms with van der Waals surface area (Å²) in [5.74, 6) is 0.197. The van der Waals surface area contributed by atoms with E-state index in [-0.39, 0.29) is 12.5 Å².